The fourth-order valence-electron chi connectivity index (χ4n) is 1.67. The number of carbonyl (C=O) groups is 3. The van der Waals surface area contributed by atoms with E-state index in [1.54, 1.807) is 6.08 Å². The number of carbonyl (C=O) groups excluding carboxylic acids is 3. The minimum absolute atomic E-state index is 0.0809. The van der Waals surface area contributed by atoms with Gasteiger partial charge in [-0.25, -0.2) is 19.4 Å². The van der Waals surface area contributed by atoms with Crippen LogP contribution in [0.5, 0.6) is 0 Å². The van der Waals surface area contributed by atoms with Crippen LogP contribution in [-0.4, -0.2) is 28.8 Å². The molecule has 6 nitrogen and oxygen atoms in total. The van der Waals surface area contributed by atoms with Crippen LogP contribution in [0.4, 0.5) is 0 Å². The lowest BCUT2D eigenvalue weighted by Crippen LogP contribution is -2.49. The summed E-state index contributed by atoms with van der Waals surface area (Å²) in [5.74, 6) is -1.63. The number of nitrogens with zero attached hydrogens (tertiary/aromatic N) is 1. The van der Waals surface area contributed by atoms with Gasteiger partial charge < -0.3 is 4.90 Å². The highest BCUT2D eigenvalue weighted by Gasteiger charge is 2.44. The van der Waals surface area contributed by atoms with E-state index in [9.17, 15) is 14.4 Å². The predicted octanol–water partition coefficient (Wildman–Crippen LogP) is -0.104. The van der Waals surface area contributed by atoms with Gasteiger partial charge in [0.2, 0.25) is 5.91 Å². The number of hydrogen-bond donors (Lipinski definition) is 0. The van der Waals surface area contributed by atoms with E-state index < -0.39 is 11.9 Å². The summed E-state index contributed by atoms with van der Waals surface area (Å²) in [6, 6.07) is 0.0809. The molecule has 2 rings (SSSR count). The fraction of sp³-hybridized carbons (Fsp3) is 0.444. The molecule has 0 radical (unpaired) electrons. The van der Waals surface area contributed by atoms with E-state index in [2.05, 4.69) is 9.78 Å². The largest absolute Gasteiger partial charge is 0.402 e. The molecule has 1 atom stereocenters. The molecule has 0 aliphatic carbocycles. The molecule has 0 aromatic rings. The summed E-state index contributed by atoms with van der Waals surface area (Å²) in [4.78, 5) is 42.5. The number of fused-ring (bicyclic) bond motifs is 1. The van der Waals surface area contributed by atoms with Crippen molar-refractivity contribution >= 4 is 17.8 Å². The van der Waals surface area contributed by atoms with Gasteiger partial charge in [0.25, 0.3) is 0 Å². The molecule has 1 amide bonds. The lowest BCUT2D eigenvalue weighted by molar-refractivity contribution is -0.255. The average molecular weight is 211 g/mol. The summed E-state index contributed by atoms with van der Waals surface area (Å²) < 4.78 is 0. The quantitative estimate of drug-likeness (QED) is 0.344. The zero-order valence-corrected chi connectivity index (χ0v) is 8.06. The molecule has 2 heterocycles. The first kappa shape index (κ1) is 9.70. The van der Waals surface area contributed by atoms with E-state index >= 15 is 0 Å². The van der Waals surface area contributed by atoms with Crippen LogP contribution in [-0.2, 0) is 24.2 Å². The van der Waals surface area contributed by atoms with Crippen LogP contribution >= 0.6 is 0 Å². The second-order valence-electron chi connectivity index (χ2n) is 3.39. The van der Waals surface area contributed by atoms with Crippen LogP contribution in [0.15, 0.2) is 11.8 Å². The molecule has 6 heteroatoms. The van der Waals surface area contributed by atoms with E-state index in [1.165, 1.54) is 4.90 Å². The Labute approximate surface area is 85.4 Å². The van der Waals surface area contributed by atoms with Crippen molar-refractivity contribution in [2.24, 2.45) is 0 Å². The Kier molecular flexibility index (Phi) is 2.18. The molecule has 0 N–H and O–H groups in total. The van der Waals surface area contributed by atoms with E-state index in [-0.39, 0.29) is 17.6 Å². The Balaban J connectivity index is 1.96. The normalized spacial score (nSPS) is 22.7. The molecule has 0 aromatic heterocycles. The third kappa shape index (κ3) is 1.58. The van der Waals surface area contributed by atoms with Crippen LogP contribution in [0.3, 0.4) is 0 Å². The van der Waals surface area contributed by atoms with Crippen LogP contribution in [0.25, 0.3) is 0 Å². The molecular weight excluding hydrogens is 202 g/mol. The summed E-state index contributed by atoms with van der Waals surface area (Å²) in [6.07, 6.45) is 2.72. The average Bonchev–Trinajstić information content (AvgIpc) is 2.51. The third-order valence-electron chi connectivity index (χ3n) is 2.33. The molecule has 0 saturated carbocycles. The van der Waals surface area contributed by atoms with Crippen LogP contribution in [0, 0.1) is 0 Å². The molecule has 80 valence electrons. The molecule has 2 aliphatic rings. The SMILES string of the molecule is CC(=O)OOC(=O)C1=CCC2CC(=O)N12. The summed E-state index contributed by atoms with van der Waals surface area (Å²) in [6.45, 7) is 1.12. The van der Waals surface area contributed by atoms with Crippen LogP contribution in [0.2, 0.25) is 0 Å². The first-order valence-corrected chi connectivity index (χ1v) is 4.51. The van der Waals surface area contributed by atoms with Gasteiger partial charge in [-0.05, 0) is 6.42 Å². The van der Waals surface area contributed by atoms with E-state index in [0.717, 1.165) is 6.92 Å². The summed E-state index contributed by atoms with van der Waals surface area (Å²) >= 11 is 0. The van der Waals surface area contributed by atoms with Gasteiger partial charge in [0.05, 0.1) is 0 Å². The zero-order chi connectivity index (χ0) is 11.0. The third-order valence-corrected chi connectivity index (χ3v) is 2.33. The Morgan fingerprint density at radius 1 is 1.47 bits per heavy atom. The fourth-order valence-corrected chi connectivity index (χ4v) is 1.67. The summed E-state index contributed by atoms with van der Waals surface area (Å²) in [5.41, 5.74) is 0.164. The van der Waals surface area contributed by atoms with Crippen molar-refractivity contribution in [3.63, 3.8) is 0 Å². The van der Waals surface area contributed by atoms with Crippen LogP contribution in [0.1, 0.15) is 19.8 Å². The molecule has 2 aliphatic heterocycles. The first-order valence-electron chi connectivity index (χ1n) is 4.51. The summed E-state index contributed by atoms with van der Waals surface area (Å²) in [5, 5.41) is 0. The van der Waals surface area contributed by atoms with Crippen molar-refractivity contribution < 1.29 is 24.2 Å². The minimum atomic E-state index is -0.805. The second kappa shape index (κ2) is 3.38. The van der Waals surface area contributed by atoms with Gasteiger partial charge in [0.15, 0.2) is 0 Å². The number of hydrogen-bond acceptors (Lipinski definition) is 5. The zero-order valence-electron chi connectivity index (χ0n) is 8.06. The molecule has 0 spiro atoms. The summed E-state index contributed by atoms with van der Waals surface area (Å²) in [7, 11) is 0. The lowest BCUT2D eigenvalue weighted by Gasteiger charge is -2.35. The Morgan fingerprint density at radius 2 is 2.20 bits per heavy atom. The highest BCUT2D eigenvalue weighted by atomic mass is 17.2. The van der Waals surface area contributed by atoms with Gasteiger partial charge in [-0.3, -0.25) is 4.79 Å². The van der Waals surface area contributed by atoms with Gasteiger partial charge in [-0.2, -0.15) is 0 Å². The Hall–Kier alpha value is -1.85. The predicted molar refractivity (Wildman–Crippen MR) is 45.8 cm³/mol. The van der Waals surface area contributed by atoms with Gasteiger partial charge in [0.1, 0.15) is 5.70 Å². The molecule has 1 unspecified atom stereocenters. The maximum absolute atomic E-state index is 11.3. The number of β-lactam (4-membered cyclic amide) rings is 1. The molecular formula is C9H9NO5. The molecule has 1 saturated heterocycles. The molecule has 0 aromatic carbocycles. The van der Waals surface area contributed by atoms with Gasteiger partial charge >= 0.3 is 11.9 Å². The lowest BCUT2D eigenvalue weighted by atomic mass is 10.0. The molecule has 1 fully saturated rings. The topological polar surface area (TPSA) is 72.9 Å². The van der Waals surface area contributed by atoms with Gasteiger partial charge in [-0.1, -0.05) is 6.08 Å². The Bertz CT molecular complexity index is 373. The van der Waals surface area contributed by atoms with Crippen molar-refractivity contribution in [3.8, 4) is 0 Å². The highest BCUT2D eigenvalue weighted by Crippen LogP contribution is 2.33. The van der Waals surface area contributed by atoms with Gasteiger partial charge in [-0.15, -0.1) is 0 Å². The minimum Gasteiger partial charge on any atom is -0.302 e. The highest BCUT2D eigenvalue weighted by molar-refractivity contribution is 5.98. The maximum Gasteiger partial charge on any atom is 0.402 e. The van der Waals surface area contributed by atoms with Crippen LogP contribution < -0.4 is 0 Å². The number of rotatable bonds is 1. The van der Waals surface area contributed by atoms with Crippen molar-refractivity contribution in [2.75, 3.05) is 0 Å². The van der Waals surface area contributed by atoms with Crippen molar-refractivity contribution in [1.82, 2.24) is 4.90 Å². The molecule has 15 heavy (non-hydrogen) atoms. The Morgan fingerprint density at radius 3 is 2.80 bits per heavy atom. The van der Waals surface area contributed by atoms with Gasteiger partial charge in [0, 0.05) is 19.4 Å². The van der Waals surface area contributed by atoms with E-state index in [1.807, 2.05) is 0 Å². The van der Waals surface area contributed by atoms with E-state index in [0.29, 0.717) is 12.8 Å². The van der Waals surface area contributed by atoms with E-state index in [4.69, 9.17) is 0 Å². The smallest absolute Gasteiger partial charge is 0.302 e. The second-order valence-corrected chi connectivity index (χ2v) is 3.39. The maximum atomic E-state index is 11.3. The van der Waals surface area contributed by atoms with Crippen molar-refractivity contribution in [3.05, 3.63) is 11.8 Å². The number of amides is 1. The monoisotopic (exact) mass is 211 g/mol. The molecule has 0 bridgehead atoms. The standard InChI is InChI=1S/C9H9NO5/c1-5(11)14-15-9(13)7-3-2-6-4-8(12)10(6)7/h3,6H,2,4H2,1H3. The van der Waals surface area contributed by atoms with Crippen molar-refractivity contribution in [1.29, 1.82) is 0 Å². The van der Waals surface area contributed by atoms with Crippen molar-refractivity contribution in [2.45, 2.75) is 25.8 Å². The first-order chi connectivity index (χ1) is 7.09.